The summed E-state index contributed by atoms with van der Waals surface area (Å²) in [7, 11) is 1.70. The number of amides is 1. The molecule has 1 heterocycles. The lowest BCUT2D eigenvalue weighted by atomic mass is 10.0. The molecule has 1 N–H and O–H groups in total. The number of rotatable bonds is 4. The van der Waals surface area contributed by atoms with Crippen LogP contribution < -0.4 is 5.32 Å². The predicted octanol–water partition coefficient (Wildman–Crippen LogP) is 1.36. The summed E-state index contributed by atoms with van der Waals surface area (Å²) in [5.41, 5.74) is 0. The van der Waals surface area contributed by atoms with Gasteiger partial charge in [-0.3, -0.25) is 10.1 Å². The molecule has 0 aromatic rings. The number of nitrogens with one attached hydrogen (secondary N) is 1. The molecule has 0 aromatic carbocycles. The Morgan fingerprint density at radius 3 is 2.71 bits per heavy atom. The average molecular weight is 240 g/mol. The molecule has 2 rings (SSSR count). The van der Waals surface area contributed by atoms with Gasteiger partial charge in [0.1, 0.15) is 0 Å². The molecular weight excluding hydrogens is 216 g/mol. The van der Waals surface area contributed by atoms with Crippen molar-refractivity contribution in [2.75, 3.05) is 13.7 Å². The van der Waals surface area contributed by atoms with E-state index in [-0.39, 0.29) is 24.2 Å². The smallest absolute Gasteiger partial charge is 0.240 e. The summed E-state index contributed by atoms with van der Waals surface area (Å²) in [6.07, 6.45) is 5.44. The molecule has 3 atom stereocenters. The van der Waals surface area contributed by atoms with Gasteiger partial charge in [-0.2, -0.15) is 0 Å². The summed E-state index contributed by atoms with van der Waals surface area (Å²) in [6, 6.07) is -0.0374. The van der Waals surface area contributed by atoms with Gasteiger partial charge in [0.15, 0.2) is 0 Å². The highest BCUT2D eigenvalue weighted by molar-refractivity contribution is 5.84. The van der Waals surface area contributed by atoms with Gasteiger partial charge in [0.2, 0.25) is 5.91 Å². The molecule has 1 saturated carbocycles. The minimum absolute atomic E-state index is 0.0374. The quantitative estimate of drug-likeness (QED) is 0.806. The Balaban J connectivity index is 2.04. The number of methoxy groups -OCH3 is 1. The van der Waals surface area contributed by atoms with Crippen molar-refractivity contribution >= 4 is 5.91 Å². The summed E-state index contributed by atoms with van der Waals surface area (Å²) in [4.78, 5) is 14.1. The molecular formula is C13H24N2O2. The number of nitrogens with zero attached hydrogens (tertiary/aromatic N) is 1. The van der Waals surface area contributed by atoms with E-state index in [1.54, 1.807) is 7.11 Å². The van der Waals surface area contributed by atoms with E-state index in [9.17, 15) is 4.79 Å². The summed E-state index contributed by atoms with van der Waals surface area (Å²) < 4.78 is 5.28. The molecule has 2 aliphatic rings. The van der Waals surface area contributed by atoms with Crippen molar-refractivity contribution in [3.05, 3.63) is 0 Å². The second kappa shape index (κ2) is 5.36. The molecule has 1 saturated heterocycles. The molecule has 2 fully saturated rings. The first-order valence-corrected chi connectivity index (χ1v) is 6.72. The van der Waals surface area contributed by atoms with Gasteiger partial charge < -0.3 is 9.64 Å². The maximum Gasteiger partial charge on any atom is 0.240 e. The number of hydrogen-bond donors (Lipinski definition) is 1. The standard InChI is InChI=1S/C13H24N2O2/c1-9(17-3)8-15-12(11-6-4-5-7-11)14-10(2)13(15)16/h9-12,14H,4-8H2,1-3H3. The van der Waals surface area contributed by atoms with Gasteiger partial charge in [-0.05, 0) is 32.6 Å². The SMILES string of the molecule is COC(C)CN1C(=O)C(C)NC1C1CCCC1. The van der Waals surface area contributed by atoms with E-state index in [1.165, 1.54) is 25.7 Å². The van der Waals surface area contributed by atoms with Crippen LogP contribution in [-0.2, 0) is 9.53 Å². The molecule has 17 heavy (non-hydrogen) atoms. The highest BCUT2D eigenvalue weighted by atomic mass is 16.5. The molecule has 4 nitrogen and oxygen atoms in total. The van der Waals surface area contributed by atoms with Gasteiger partial charge in [0.05, 0.1) is 18.3 Å². The van der Waals surface area contributed by atoms with Crippen molar-refractivity contribution in [1.82, 2.24) is 10.2 Å². The maximum atomic E-state index is 12.1. The normalized spacial score (nSPS) is 32.4. The second-order valence-electron chi connectivity index (χ2n) is 5.41. The van der Waals surface area contributed by atoms with Gasteiger partial charge in [-0.15, -0.1) is 0 Å². The van der Waals surface area contributed by atoms with Crippen LogP contribution in [0.2, 0.25) is 0 Å². The fourth-order valence-corrected chi connectivity index (χ4v) is 3.02. The second-order valence-corrected chi connectivity index (χ2v) is 5.41. The van der Waals surface area contributed by atoms with Gasteiger partial charge >= 0.3 is 0 Å². The van der Waals surface area contributed by atoms with E-state index in [0.717, 1.165) is 0 Å². The van der Waals surface area contributed by atoms with Crippen LogP contribution in [0.5, 0.6) is 0 Å². The van der Waals surface area contributed by atoms with Crippen LogP contribution >= 0.6 is 0 Å². The van der Waals surface area contributed by atoms with E-state index in [4.69, 9.17) is 4.74 Å². The van der Waals surface area contributed by atoms with Crippen LogP contribution in [0.3, 0.4) is 0 Å². The largest absolute Gasteiger partial charge is 0.380 e. The van der Waals surface area contributed by atoms with Crippen molar-refractivity contribution in [2.45, 2.75) is 57.8 Å². The van der Waals surface area contributed by atoms with Crippen LogP contribution in [0, 0.1) is 5.92 Å². The molecule has 1 aliphatic heterocycles. The fourth-order valence-electron chi connectivity index (χ4n) is 3.02. The van der Waals surface area contributed by atoms with Crippen LogP contribution in [0.15, 0.2) is 0 Å². The van der Waals surface area contributed by atoms with Gasteiger partial charge in [-0.1, -0.05) is 12.8 Å². The van der Waals surface area contributed by atoms with E-state index in [1.807, 2.05) is 18.7 Å². The number of carbonyl (C=O) groups excluding carboxylic acids is 1. The fraction of sp³-hybridized carbons (Fsp3) is 0.923. The molecule has 1 amide bonds. The zero-order chi connectivity index (χ0) is 12.4. The third-order valence-electron chi connectivity index (χ3n) is 4.11. The van der Waals surface area contributed by atoms with Crippen molar-refractivity contribution in [3.8, 4) is 0 Å². The summed E-state index contributed by atoms with van der Waals surface area (Å²) >= 11 is 0. The average Bonchev–Trinajstić information content (AvgIpc) is 2.92. The zero-order valence-electron chi connectivity index (χ0n) is 11.1. The molecule has 1 aliphatic carbocycles. The molecule has 0 aromatic heterocycles. The zero-order valence-corrected chi connectivity index (χ0v) is 11.1. The molecule has 3 unspecified atom stereocenters. The van der Waals surface area contributed by atoms with E-state index < -0.39 is 0 Å². The van der Waals surface area contributed by atoms with Crippen molar-refractivity contribution in [1.29, 1.82) is 0 Å². The summed E-state index contributed by atoms with van der Waals surface area (Å²) in [6.45, 7) is 4.68. The van der Waals surface area contributed by atoms with Crippen LogP contribution in [0.4, 0.5) is 0 Å². The third-order valence-corrected chi connectivity index (χ3v) is 4.11. The summed E-state index contributed by atoms with van der Waals surface area (Å²) in [5, 5.41) is 3.45. The first kappa shape index (κ1) is 12.8. The monoisotopic (exact) mass is 240 g/mol. The van der Waals surface area contributed by atoms with Gasteiger partial charge in [-0.25, -0.2) is 0 Å². The Labute approximate surface area is 104 Å². The third kappa shape index (κ3) is 2.63. The van der Waals surface area contributed by atoms with Crippen LogP contribution in [0.1, 0.15) is 39.5 Å². The highest BCUT2D eigenvalue weighted by Crippen LogP contribution is 2.32. The molecule has 4 heteroatoms. The van der Waals surface area contributed by atoms with E-state index >= 15 is 0 Å². The highest BCUT2D eigenvalue weighted by Gasteiger charge is 2.41. The Morgan fingerprint density at radius 1 is 1.47 bits per heavy atom. The number of hydrogen-bond acceptors (Lipinski definition) is 3. The molecule has 0 radical (unpaired) electrons. The first-order chi connectivity index (χ1) is 8.13. The van der Waals surface area contributed by atoms with Crippen LogP contribution in [-0.4, -0.2) is 42.8 Å². The predicted molar refractivity (Wildman–Crippen MR) is 66.5 cm³/mol. The maximum absolute atomic E-state index is 12.1. The van der Waals surface area contributed by atoms with E-state index in [2.05, 4.69) is 5.32 Å². The van der Waals surface area contributed by atoms with Crippen molar-refractivity contribution in [3.63, 3.8) is 0 Å². The lowest BCUT2D eigenvalue weighted by Crippen LogP contribution is -2.45. The first-order valence-electron chi connectivity index (χ1n) is 6.72. The number of ether oxygens (including phenoxy) is 1. The Morgan fingerprint density at radius 2 is 2.12 bits per heavy atom. The van der Waals surface area contributed by atoms with Gasteiger partial charge in [0.25, 0.3) is 0 Å². The number of carbonyl (C=O) groups is 1. The minimum atomic E-state index is -0.0374. The lowest BCUT2D eigenvalue weighted by molar-refractivity contribution is -0.131. The Kier molecular flexibility index (Phi) is 4.05. The Bertz CT molecular complexity index is 277. The molecule has 0 bridgehead atoms. The van der Waals surface area contributed by atoms with Gasteiger partial charge in [0, 0.05) is 13.7 Å². The molecule has 0 spiro atoms. The lowest BCUT2D eigenvalue weighted by Gasteiger charge is -2.30. The summed E-state index contributed by atoms with van der Waals surface area (Å²) in [5.74, 6) is 0.860. The van der Waals surface area contributed by atoms with E-state index in [0.29, 0.717) is 12.5 Å². The van der Waals surface area contributed by atoms with Crippen molar-refractivity contribution < 1.29 is 9.53 Å². The minimum Gasteiger partial charge on any atom is -0.380 e. The topological polar surface area (TPSA) is 41.6 Å². The molecule has 98 valence electrons. The van der Waals surface area contributed by atoms with Crippen molar-refractivity contribution in [2.24, 2.45) is 5.92 Å². The Hall–Kier alpha value is -0.610. The van der Waals surface area contributed by atoms with Crippen LogP contribution in [0.25, 0.3) is 0 Å².